The predicted octanol–water partition coefficient (Wildman–Crippen LogP) is 3.23. The van der Waals surface area contributed by atoms with Crippen LogP contribution in [0.15, 0.2) is 0 Å². The van der Waals surface area contributed by atoms with Crippen molar-refractivity contribution in [3.8, 4) is 0 Å². The highest BCUT2D eigenvalue weighted by atomic mass is 19.3. The molecule has 0 saturated carbocycles. The average molecular weight is 308 g/mol. The van der Waals surface area contributed by atoms with Crippen LogP contribution in [0.1, 0.15) is 50.1 Å². The molecule has 1 aromatic rings. The number of carbonyl (C=O) groups is 1. The van der Waals surface area contributed by atoms with Crippen molar-refractivity contribution < 1.29 is 27.1 Å². The highest BCUT2D eigenvalue weighted by Gasteiger charge is 2.55. The van der Waals surface area contributed by atoms with E-state index in [9.17, 15) is 22.4 Å². The van der Waals surface area contributed by atoms with Gasteiger partial charge in [-0.2, -0.15) is 13.9 Å². The van der Waals surface area contributed by atoms with E-state index < -0.39 is 48.1 Å². The number of hydrogen-bond acceptors (Lipinski definition) is 3. The smallest absolute Gasteiger partial charge is 0.327 e. The fourth-order valence-corrected chi connectivity index (χ4v) is 2.68. The molecule has 0 unspecified atom stereocenters. The second-order valence-corrected chi connectivity index (χ2v) is 5.11. The van der Waals surface area contributed by atoms with Gasteiger partial charge in [0.05, 0.1) is 6.61 Å². The van der Waals surface area contributed by atoms with E-state index in [1.54, 1.807) is 6.92 Å². The van der Waals surface area contributed by atoms with E-state index >= 15 is 0 Å². The first-order valence-electron chi connectivity index (χ1n) is 6.64. The van der Waals surface area contributed by atoms with E-state index in [2.05, 4.69) is 9.84 Å². The zero-order chi connectivity index (χ0) is 15.9. The van der Waals surface area contributed by atoms with Crippen LogP contribution in [0.3, 0.4) is 0 Å². The second kappa shape index (κ2) is 5.31. The summed E-state index contributed by atoms with van der Waals surface area (Å²) in [4.78, 5) is 11.5. The van der Waals surface area contributed by atoms with Crippen molar-refractivity contribution in [2.45, 2.75) is 45.6 Å². The summed E-state index contributed by atoms with van der Waals surface area (Å²) in [7, 11) is 0. The van der Waals surface area contributed by atoms with Crippen molar-refractivity contribution in [1.29, 1.82) is 0 Å². The molecule has 2 rings (SSSR count). The fourth-order valence-electron chi connectivity index (χ4n) is 2.68. The minimum absolute atomic E-state index is 0.0766. The lowest BCUT2D eigenvalue weighted by Gasteiger charge is -2.20. The van der Waals surface area contributed by atoms with Crippen molar-refractivity contribution in [2.75, 3.05) is 6.61 Å². The summed E-state index contributed by atoms with van der Waals surface area (Å²) in [6.45, 7) is 3.81. The van der Waals surface area contributed by atoms with Crippen molar-refractivity contribution >= 4 is 5.97 Å². The van der Waals surface area contributed by atoms with E-state index in [0.717, 1.165) is 0 Å². The third-order valence-electron chi connectivity index (χ3n) is 3.90. The molecule has 0 aliphatic heterocycles. The van der Waals surface area contributed by atoms with Crippen LogP contribution in [0.2, 0.25) is 0 Å². The third-order valence-corrected chi connectivity index (χ3v) is 3.90. The van der Waals surface area contributed by atoms with E-state index in [1.807, 2.05) is 0 Å². The zero-order valence-electron chi connectivity index (χ0n) is 11.9. The fraction of sp³-hybridized carbons (Fsp3) is 0.692. The van der Waals surface area contributed by atoms with Gasteiger partial charge in [-0.3, -0.25) is 9.48 Å². The predicted molar refractivity (Wildman–Crippen MR) is 65.3 cm³/mol. The molecule has 8 heteroatoms. The molecule has 21 heavy (non-hydrogen) atoms. The molecule has 1 heterocycles. The zero-order valence-corrected chi connectivity index (χ0v) is 11.9. The number of carbonyl (C=O) groups excluding carboxylic acids is 1. The van der Waals surface area contributed by atoms with Gasteiger partial charge in [-0.05, 0) is 12.8 Å². The van der Waals surface area contributed by atoms with E-state index in [1.165, 1.54) is 13.8 Å². The molecule has 0 aromatic carbocycles. The monoisotopic (exact) mass is 308 g/mol. The molecule has 118 valence electrons. The number of nitrogens with zero attached hydrogens (tertiary/aromatic N) is 2. The lowest BCUT2D eigenvalue weighted by molar-refractivity contribution is -0.144. The van der Waals surface area contributed by atoms with Gasteiger partial charge < -0.3 is 4.74 Å². The molecule has 0 amide bonds. The van der Waals surface area contributed by atoms with Gasteiger partial charge in [0.25, 0.3) is 12.3 Å². The topological polar surface area (TPSA) is 44.1 Å². The van der Waals surface area contributed by atoms with Gasteiger partial charge in [-0.15, -0.1) is 0 Å². The van der Waals surface area contributed by atoms with Crippen LogP contribution in [0.4, 0.5) is 17.6 Å². The lowest BCUT2D eigenvalue weighted by Crippen LogP contribution is -2.26. The van der Waals surface area contributed by atoms with Crippen molar-refractivity contribution in [2.24, 2.45) is 5.92 Å². The van der Waals surface area contributed by atoms with Crippen LogP contribution >= 0.6 is 0 Å². The Hall–Kier alpha value is -1.60. The van der Waals surface area contributed by atoms with E-state index in [4.69, 9.17) is 0 Å². The highest BCUT2D eigenvalue weighted by molar-refractivity contribution is 5.69. The maximum Gasteiger partial charge on any atom is 0.327 e. The number of esters is 1. The molecule has 4 nitrogen and oxygen atoms in total. The van der Waals surface area contributed by atoms with Gasteiger partial charge in [0.2, 0.25) is 0 Å². The van der Waals surface area contributed by atoms with Gasteiger partial charge in [-0.25, -0.2) is 8.78 Å². The number of fused-ring (bicyclic) bond motifs is 1. The standard InChI is InChI=1S/C13H16F4N2O2/c1-4-21-8(20)5-19-11-9(10(18-19)12(14)15)6(2)7(3)13(11,16)17/h6-7,12H,4-5H2,1-3H3/t6-,7+/m0/s1. The number of rotatable bonds is 4. The summed E-state index contributed by atoms with van der Waals surface area (Å²) in [5, 5.41) is 3.52. The normalized spacial score (nSPS) is 23.4. The Morgan fingerprint density at radius 2 is 2.05 bits per heavy atom. The second-order valence-electron chi connectivity index (χ2n) is 5.11. The lowest BCUT2D eigenvalue weighted by atomic mass is 9.94. The van der Waals surface area contributed by atoms with Crippen LogP contribution in [-0.4, -0.2) is 22.4 Å². The van der Waals surface area contributed by atoms with Gasteiger partial charge in [0.1, 0.15) is 17.9 Å². The largest absolute Gasteiger partial charge is 0.465 e. The molecule has 1 aliphatic rings. The summed E-state index contributed by atoms with van der Waals surface area (Å²) < 4.78 is 60.0. The Balaban J connectivity index is 2.52. The summed E-state index contributed by atoms with van der Waals surface area (Å²) in [6.07, 6.45) is -2.97. The maximum absolute atomic E-state index is 14.3. The first-order valence-corrected chi connectivity index (χ1v) is 6.64. The maximum atomic E-state index is 14.3. The first-order chi connectivity index (χ1) is 9.71. The summed E-state index contributed by atoms with van der Waals surface area (Å²) in [5.74, 6) is -5.97. The van der Waals surface area contributed by atoms with Gasteiger partial charge in [0.15, 0.2) is 0 Å². The molecule has 0 N–H and O–H groups in total. The molecule has 0 bridgehead atoms. The van der Waals surface area contributed by atoms with Crippen molar-refractivity contribution in [1.82, 2.24) is 9.78 Å². The third kappa shape index (κ3) is 2.40. The minimum atomic E-state index is -3.30. The number of alkyl halides is 4. The van der Waals surface area contributed by atoms with Crippen LogP contribution in [0.25, 0.3) is 0 Å². The van der Waals surface area contributed by atoms with Crippen LogP contribution in [0.5, 0.6) is 0 Å². The van der Waals surface area contributed by atoms with Gasteiger partial charge >= 0.3 is 5.97 Å². The first kappa shape index (κ1) is 15.8. The average Bonchev–Trinajstić information content (AvgIpc) is 2.83. The number of hydrogen-bond donors (Lipinski definition) is 0. The molecule has 0 radical (unpaired) electrons. The van der Waals surface area contributed by atoms with Gasteiger partial charge in [0, 0.05) is 11.5 Å². The number of halogens is 4. The molecule has 0 spiro atoms. The molecule has 0 fully saturated rings. The van der Waals surface area contributed by atoms with Crippen molar-refractivity contribution in [3.63, 3.8) is 0 Å². The minimum Gasteiger partial charge on any atom is -0.465 e. The Bertz CT molecular complexity index is 557. The molecule has 1 aromatic heterocycles. The Kier molecular flexibility index (Phi) is 3.99. The SMILES string of the molecule is CCOC(=O)Cn1nc(C(F)F)c2c1C(F)(F)[C@H](C)[C@@H]2C. The highest BCUT2D eigenvalue weighted by Crippen LogP contribution is 2.54. The Morgan fingerprint density at radius 3 is 2.57 bits per heavy atom. The van der Waals surface area contributed by atoms with Gasteiger partial charge in [-0.1, -0.05) is 13.8 Å². The molecule has 1 aliphatic carbocycles. The van der Waals surface area contributed by atoms with Crippen LogP contribution in [-0.2, 0) is 22.0 Å². The summed E-state index contributed by atoms with van der Waals surface area (Å²) >= 11 is 0. The van der Waals surface area contributed by atoms with E-state index in [0.29, 0.717) is 4.68 Å². The van der Waals surface area contributed by atoms with Crippen LogP contribution in [0, 0.1) is 5.92 Å². The molecular weight excluding hydrogens is 292 g/mol. The van der Waals surface area contributed by atoms with Crippen LogP contribution < -0.4 is 0 Å². The molecule has 0 saturated heterocycles. The Morgan fingerprint density at radius 1 is 1.43 bits per heavy atom. The molecular formula is C13H16F4N2O2. The van der Waals surface area contributed by atoms with Crippen molar-refractivity contribution in [3.05, 3.63) is 17.0 Å². The molecule has 2 atom stereocenters. The summed E-state index contributed by atoms with van der Waals surface area (Å²) in [5.41, 5.74) is -1.41. The number of aromatic nitrogens is 2. The summed E-state index contributed by atoms with van der Waals surface area (Å²) in [6, 6.07) is 0. The quantitative estimate of drug-likeness (QED) is 0.633. The Labute approximate surface area is 119 Å². The number of ether oxygens (including phenoxy) is 1. The van der Waals surface area contributed by atoms with E-state index in [-0.39, 0.29) is 12.2 Å².